The number of nitrogen functional groups attached to an aromatic ring is 1. The van der Waals surface area contributed by atoms with E-state index < -0.39 is 31.5 Å². The van der Waals surface area contributed by atoms with E-state index in [4.69, 9.17) is 15.2 Å². The van der Waals surface area contributed by atoms with Gasteiger partial charge in [-0.15, -0.1) is 0 Å². The van der Waals surface area contributed by atoms with Gasteiger partial charge in [0.05, 0.1) is 24.7 Å². The standard InChI is InChI=1S/C41H49N8O5P/c1-3-53-40(50)35(27-31-15-8-5-9-16-31)46-55(52,47-36(41(51)54-4-2)28-32-17-10-6-11-18-32)26-25-48(22-14-21-42)23-24-49-29-34(33-19-12-7-13-20-33)37-38(43)44-30-45-39(37)49/h5-13,15-20,29-30,35-36H,3-4,14,22-28H2,1-2H3,(H2,43,44,45)(H2,46,47,52)/t35-,36-/m0/s1. The molecule has 0 unspecified atom stereocenters. The van der Waals surface area contributed by atoms with Crippen molar-refractivity contribution >= 4 is 36.2 Å². The molecule has 0 aliphatic carbocycles. The number of ether oxygens (including phenoxy) is 2. The number of nitriles is 1. The van der Waals surface area contributed by atoms with Gasteiger partial charge in [0, 0.05) is 50.5 Å². The third-order valence-corrected chi connectivity index (χ3v) is 11.4. The Kier molecular flexibility index (Phi) is 15.1. The largest absolute Gasteiger partial charge is 0.465 e. The smallest absolute Gasteiger partial charge is 0.323 e. The number of anilines is 1. The van der Waals surface area contributed by atoms with E-state index in [9.17, 15) is 14.9 Å². The lowest BCUT2D eigenvalue weighted by Gasteiger charge is -2.31. The van der Waals surface area contributed by atoms with Gasteiger partial charge < -0.3 is 19.8 Å². The van der Waals surface area contributed by atoms with Crippen LogP contribution in [0.5, 0.6) is 0 Å². The van der Waals surface area contributed by atoms with Gasteiger partial charge in [0.25, 0.3) is 0 Å². The first-order valence-corrected chi connectivity index (χ1v) is 20.4. The Bertz CT molecular complexity index is 2010. The van der Waals surface area contributed by atoms with Gasteiger partial charge in [0.1, 0.15) is 29.9 Å². The maximum atomic E-state index is 15.3. The quantitative estimate of drug-likeness (QED) is 0.0622. The first-order valence-electron chi connectivity index (χ1n) is 18.5. The van der Waals surface area contributed by atoms with E-state index in [-0.39, 0.29) is 45.2 Å². The number of carbonyl (C=O) groups excluding carboxylic acids is 2. The molecular formula is C41H49N8O5P. The highest BCUT2D eigenvalue weighted by atomic mass is 31.2. The third kappa shape index (κ3) is 11.6. The second kappa shape index (κ2) is 20.3. The second-order valence-electron chi connectivity index (χ2n) is 13.0. The number of fused-ring (bicyclic) bond motifs is 1. The lowest BCUT2D eigenvalue weighted by molar-refractivity contribution is -0.145. The van der Waals surface area contributed by atoms with Crippen LogP contribution < -0.4 is 15.9 Å². The predicted molar refractivity (Wildman–Crippen MR) is 214 cm³/mol. The summed E-state index contributed by atoms with van der Waals surface area (Å²) in [5, 5.41) is 16.6. The SMILES string of the molecule is CCOC(=O)[C@H](Cc1ccccc1)NP(=O)(CCN(CCC#N)CCn1cc(-c2ccccc2)c2c(N)ncnc21)N[C@@H](Cc1ccccc1)C(=O)OCC. The van der Waals surface area contributed by atoms with Crippen molar-refractivity contribution in [3.63, 3.8) is 0 Å². The number of hydrogen-bond acceptors (Lipinski definition) is 10. The zero-order chi connectivity index (χ0) is 39.0. The fourth-order valence-electron chi connectivity index (χ4n) is 6.45. The van der Waals surface area contributed by atoms with Crippen molar-refractivity contribution < 1.29 is 23.6 Å². The average molecular weight is 765 g/mol. The molecule has 0 amide bonds. The molecule has 2 aromatic heterocycles. The Balaban J connectivity index is 1.44. The topological polar surface area (TPSA) is 177 Å². The van der Waals surface area contributed by atoms with Gasteiger partial charge >= 0.3 is 11.9 Å². The monoisotopic (exact) mass is 764 g/mol. The Morgan fingerprint density at radius 3 is 1.91 bits per heavy atom. The van der Waals surface area contributed by atoms with Crippen molar-refractivity contribution in [1.29, 1.82) is 5.26 Å². The van der Waals surface area contributed by atoms with E-state index in [1.54, 1.807) is 13.8 Å². The maximum absolute atomic E-state index is 15.3. The van der Waals surface area contributed by atoms with Gasteiger partial charge in [-0.3, -0.25) is 19.1 Å². The highest BCUT2D eigenvalue weighted by Gasteiger charge is 2.35. The number of nitrogens with one attached hydrogen (secondary N) is 2. The van der Waals surface area contributed by atoms with Crippen molar-refractivity contribution in [2.45, 2.75) is 51.7 Å². The van der Waals surface area contributed by atoms with Crippen molar-refractivity contribution in [2.75, 3.05) is 44.7 Å². The molecule has 14 heteroatoms. The molecule has 288 valence electrons. The zero-order valence-electron chi connectivity index (χ0n) is 31.3. The first kappa shape index (κ1) is 40.8. The van der Waals surface area contributed by atoms with Gasteiger partial charge in [-0.05, 0) is 43.4 Å². The summed E-state index contributed by atoms with van der Waals surface area (Å²) in [5.41, 5.74) is 10.6. The average Bonchev–Trinajstić information content (AvgIpc) is 3.58. The summed E-state index contributed by atoms with van der Waals surface area (Å²) in [5.74, 6) is -0.735. The number of hydrogen-bond donors (Lipinski definition) is 3. The molecule has 3 aromatic carbocycles. The van der Waals surface area contributed by atoms with Crippen LogP contribution in [0.3, 0.4) is 0 Å². The number of aromatic nitrogens is 3. The van der Waals surface area contributed by atoms with Crippen LogP contribution in [0.1, 0.15) is 31.4 Å². The van der Waals surface area contributed by atoms with Gasteiger partial charge in [0.2, 0.25) is 7.44 Å². The van der Waals surface area contributed by atoms with Gasteiger partial charge in [-0.2, -0.15) is 5.26 Å². The molecule has 0 saturated heterocycles. The van der Waals surface area contributed by atoms with Gasteiger partial charge in [-0.1, -0.05) is 91.0 Å². The highest BCUT2D eigenvalue weighted by Crippen LogP contribution is 2.39. The molecule has 0 fully saturated rings. The summed E-state index contributed by atoms with van der Waals surface area (Å²) in [6, 6.07) is 28.9. The number of benzene rings is 3. The summed E-state index contributed by atoms with van der Waals surface area (Å²) in [6.07, 6.45) is 4.12. The molecule has 0 radical (unpaired) electrons. The van der Waals surface area contributed by atoms with Crippen LogP contribution in [-0.4, -0.2) is 82.5 Å². The minimum Gasteiger partial charge on any atom is -0.465 e. The Morgan fingerprint density at radius 1 is 0.836 bits per heavy atom. The summed E-state index contributed by atoms with van der Waals surface area (Å²) in [6.45, 7) is 5.34. The molecule has 0 bridgehead atoms. The van der Waals surface area contributed by atoms with E-state index >= 15 is 4.57 Å². The molecule has 0 saturated carbocycles. The van der Waals surface area contributed by atoms with Crippen LogP contribution in [-0.2, 0) is 43.0 Å². The number of rotatable bonds is 21. The van der Waals surface area contributed by atoms with E-state index in [0.717, 1.165) is 27.6 Å². The second-order valence-corrected chi connectivity index (χ2v) is 15.5. The zero-order valence-corrected chi connectivity index (χ0v) is 32.2. The number of esters is 2. The fraction of sp³-hybridized carbons (Fsp3) is 0.341. The van der Waals surface area contributed by atoms with E-state index in [0.29, 0.717) is 31.1 Å². The Hall–Kier alpha value is -5.38. The first-order chi connectivity index (χ1) is 26.7. The molecule has 13 nitrogen and oxygen atoms in total. The van der Waals surface area contributed by atoms with Crippen molar-refractivity contribution in [2.24, 2.45) is 0 Å². The molecule has 0 aliphatic rings. The van der Waals surface area contributed by atoms with Crippen LogP contribution in [0.25, 0.3) is 22.2 Å². The normalized spacial score (nSPS) is 12.6. The Morgan fingerprint density at radius 2 is 1.38 bits per heavy atom. The van der Waals surface area contributed by atoms with Gasteiger partial charge in [0.15, 0.2) is 0 Å². The summed E-state index contributed by atoms with van der Waals surface area (Å²) >= 11 is 0. The van der Waals surface area contributed by atoms with Crippen molar-refractivity contribution in [3.8, 4) is 17.2 Å². The van der Waals surface area contributed by atoms with E-state index in [1.807, 2.05) is 107 Å². The fourth-order valence-corrected chi connectivity index (χ4v) is 8.75. The highest BCUT2D eigenvalue weighted by molar-refractivity contribution is 7.60. The lowest BCUT2D eigenvalue weighted by Crippen LogP contribution is -2.47. The van der Waals surface area contributed by atoms with Crippen LogP contribution >= 0.6 is 7.44 Å². The third-order valence-electron chi connectivity index (χ3n) is 9.13. The van der Waals surface area contributed by atoms with Crippen LogP contribution in [0.2, 0.25) is 0 Å². The molecule has 5 aromatic rings. The molecule has 2 atom stereocenters. The number of nitrogens with zero attached hydrogens (tertiary/aromatic N) is 5. The van der Waals surface area contributed by atoms with Gasteiger partial charge in [-0.25, -0.2) is 20.1 Å². The predicted octanol–water partition coefficient (Wildman–Crippen LogP) is 5.62. The van der Waals surface area contributed by atoms with Crippen LogP contribution in [0.15, 0.2) is 104 Å². The number of nitrogens with two attached hydrogens (primary N) is 1. The summed E-state index contributed by atoms with van der Waals surface area (Å²) in [7, 11) is -3.79. The minimum atomic E-state index is -3.79. The molecule has 4 N–H and O–H groups in total. The maximum Gasteiger partial charge on any atom is 0.323 e. The lowest BCUT2D eigenvalue weighted by atomic mass is 10.1. The van der Waals surface area contributed by atoms with Crippen LogP contribution in [0.4, 0.5) is 5.82 Å². The summed E-state index contributed by atoms with van der Waals surface area (Å²) in [4.78, 5) is 37.7. The molecular weight excluding hydrogens is 715 g/mol. The summed E-state index contributed by atoms with van der Waals surface area (Å²) < 4.78 is 28.2. The number of carbonyl (C=O) groups is 2. The Labute approximate surface area is 322 Å². The molecule has 0 spiro atoms. The molecule has 0 aliphatic heterocycles. The van der Waals surface area contributed by atoms with Crippen molar-refractivity contribution in [3.05, 3.63) is 115 Å². The molecule has 5 rings (SSSR count). The van der Waals surface area contributed by atoms with Crippen molar-refractivity contribution in [1.82, 2.24) is 29.6 Å². The minimum absolute atomic E-state index is 0.0185. The van der Waals surface area contributed by atoms with E-state index in [2.05, 4.69) is 26.2 Å². The molecule has 55 heavy (non-hydrogen) atoms. The van der Waals surface area contributed by atoms with Crippen LogP contribution in [0, 0.1) is 11.3 Å². The van der Waals surface area contributed by atoms with E-state index in [1.165, 1.54) is 6.33 Å². The molecule has 2 heterocycles.